The van der Waals surface area contributed by atoms with Gasteiger partial charge in [0, 0.05) is 23.1 Å². The Labute approximate surface area is 139 Å². The van der Waals surface area contributed by atoms with Crippen molar-refractivity contribution < 1.29 is 0 Å². The summed E-state index contributed by atoms with van der Waals surface area (Å²) in [6.45, 7) is 11.2. The van der Waals surface area contributed by atoms with E-state index < -0.39 is 0 Å². The number of halogens is 1. The van der Waals surface area contributed by atoms with Crippen LogP contribution < -0.4 is 5.73 Å². The van der Waals surface area contributed by atoms with Crippen molar-refractivity contribution in [3.63, 3.8) is 0 Å². The first-order valence-electron chi connectivity index (χ1n) is 8.32. The Morgan fingerprint density at radius 1 is 1.00 bits per heavy atom. The lowest BCUT2D eigenvalue weighted by Gasteiger charge is -2.37. The molecule has 0 spiro atoms. The molecule has 0 saturated carbocycles. The fourth-order valence-electron chi connectivity index (χ4n) is 2.93. The van der Waals surface area contributed by atoms with E-state index >= 15 is 0 Å². The van der Waals surface area contributed by atoms with E-state index in [1.165, 1.54) is 18.4 Å². The summed E-state index contributed by atoms with van der Waals surface area (Å²) in [5, 5.41) is 0. The van der Waals surface area contributed by atoms with Crippen LogP contribution in [-0.2, 0) is 0 Å². The minimum atomic E-state index is 0.181. The molecule has 3 heteroatoms. The van der Waals surface area contributed by atoms with Crippen LogP contribution >= 0.6 is 15.9 Å². The molecule has 0 aromatic heterocycles. The van der Waals surface area contributed by atoms with Crippen LogP contribution in [0.25, 0.3) is 0 Å². The maximum absolute atomic E-state index is 6.47. The molecule has 120 valence electrons. The largest absolute Gasteiger partial charge is 0.326 e. The first-order valence-corrected chi connectivity index (χ1v) is 9.11. The minimum Gasteiger partial charge on any atom is -0.326 e. The van der Waals surface area contributed by atoms with Crippen molar-refractivity contribution in [3.05, 3.63) is 34.3 Å². The number of hydrogen-bond acceptors (Lipinski definition) is 2. The summed E-state index contributed by atoms with van der Waals surface area (Å²) in [4.78, 5) is 2.56. The van der Waals surface area contributed by atoms with Gasteiger partial charge < -0.3 is 5.73 Å². The molecule has 0 aliphatic heterocycles. The summed E-state index contributed by atoms with van der Waals surface area (Å²) < 4.78 is 1.12. The number of benzene rings is 1. The first-order chi connectivity index (χ1) is 10.1. The molecular formula is C18H31BrN2. The third kappa shape index (κ3) is 5.39. The van der Waals surface area contributed by atoms with Gasteiger partial charge in [-0.3, -0.25) is 4.90 Å². The van der Waals surface area contributed by atoms with Crippen molar-refractivity contribution in [2.24, 2.45) is 11.7 Å². The lowest BCUT2D eigenvalue weighted by molar-refractivity contribution is 0.147. The summed E-state index contributed by atoms with van der Waals surface area (Å²) in [5.41, 5.74) is 7.80. The Morgan fingerprint density at radius 2 is 1.57 bits per heavy atom. The summed E-state index contributed by atoms with van der Waals surface area (Å²) in [6.07, 6.45) is 3.48. The van der Waals surface area contributed by atoms with Gasteiger partial charge in [-0.2, -0.15) is 0 Å². The highest BCUT2D eigenvalue weighted by molar-refractivity contribution is 9.10. The smallest absolute Gasteiger partial charge is 0.0499 e. The molecule has 0 heterocycles. The van der Waals surface area contributed by atoms with E-state index in [-0.39, 0.29) is 6.04 Å². The zero-order valence-corrected chi connectivity index (χ0v) is 15.6. The molecule has 2 nitrogen and oxygen atoms in total. The van der Waals surface area contributed by atoms with Crippen LogP contribution in [0.4, 0.5) is 0 Å². The van der Waals surface area contributed by atoms with Crippen molar-refractivity contribution >= 4 is 15.9 Å². The van der Waals surface area contributed by atoms with Gasteiger partial charge in [0.25, 0.3) is 0 Å². The van der Waals surface area contributed by atoms with Gasteiger partial charge in [-0.1, -0.05) is 68.6 Å². The average molecular weight is 355 g/mol. The van der Waals surface area contributed by atoms with Crippen LogP contribution in [0.3, 0.4) is 0 Å². The van der Waals surface area contributed by atoms with E-state index in [1.54, 1.807) is 0 Å². The average Bonchev–Trinajstić information content (AvgIpc) is 2.52. The molecule has 0 aliphatic rings. The fraction of sp³-hybridized carbons (Fsp3) is 0.667. The lowest BCUT2D eigenvalue weighted by atomic mass is 9.94. The van der Waals surface area contributed by atoms with E-state index in [1.807, 2.05) is 0 Å². The van der Waals surface area contributed by atoms with Crippen LogP contribution in [-0.4, -0.2) is 24.0 Å². The second-order valence-electron chi connectivity index (χ2n) is 5.84. The maximum Gasteiger partial charge on any atom is 0.0499 e. The molecule has 21 heavy (non-hydrogen) atoms. The summed E-state index contributed by atoms with van der Waals surface area (Å²) in [6, 6.07) is 9.15. The third-order valence-corrected chi connectivity index (χ3v) is 5.06. The van der Waals surface area contributed by atoms with Gasteiger partial charge in [0.1, 0.15) is 0 Å². The molecule has 0 fully saturated rings. The zero-order valence-electron chi connectivity index (χ0n) is 14.0. The maximum atomic E-state index is 6.47. The number of rotatable bonds is 9. The minimum absolute atomic E-state index is 0.181. The van der Waals surface area contributed by atoms with Gasteiger partial charge in [0.15, 0.2) is 0 Å². The predicted molar refractivity (Wildman–Crippen MR) is 96.5 cm³/mol. The molecule has 1 rings (SSSR count). The number of nitrogens with two attached hydrogens (primary N) is 1. The topological polar surface area (TPSA) is 29.3 Å². The van der Waals surface area contributed by atoms with E-state index in [9.17, 15) is 0 Å². The quantitative estimate of drug-likeness (QED) is 0.676. The van der Waals surface area contributed by atoms with Gasteiger partial charge in [0.05, 0.1) is 0 Å². The van der Waals surface area contributed by atoms with Crippen LogP contribution in [0.5, 0.6) is 0 Å². The van der Waals surface area contributed by atoms with Crippen molar-refractivity contribution in [3.8, 4) is 0 Å². The molecule has 1 aromatic rings. The van der Waals surface area contributed by atoms with Crippen molar-refractivity contribution in [2.45, 2.75) is 59.0 Å². The standard InChI is InChI=1S/C18H31BrN2/c1-5-14(6-2)13-21(8-4)18(17(20)7-3)15-9-11-16(19)12-10-15/h9-12,14,17-18H,5-8,13,20H2,1-4H3. The molecule has 0 aliphatic carbocycles. The molecule has 0 bridgehead atoms. The van der Waals surface area contributed by atoms with Crippen molar-refractivity contribution in [1.29, 1.82) is 0 Å². The monoisotopic (exact) mass is 354 g/mol. The van der Waals surface area contributed by atoms with Crippen LogP contribution in [0, 0.1) is 5.92 Å². The predicted octanol–water partition coefficient (Wildman–Crippen LogP) is 4.99. The highest BCUT2D eigenvalue weighted by atomic mass is 79.9. The summed E-state index contributed by atoms with van der Waals surface area (Å²) >= 11 is 3.52. The molecular weight excluding hydrogens is 324 g/mol. The van der Waals surface area contributed by atoms with E-state index in [0.29, 0.717) is 6.04 Å². The SMILES string of the molecule is CCC(CC)CN(CC)C(c1ccc(Br)cc1)C(N)CC. The van der Waals surface area contributed by atoms with Gasteiger partial charge in [-0.25, -0.2) is 0 Å². The van der Waals surface area contributed by atoms with Gasteiger partial charge in [0.2, 0.25) is 0 Å². The van der Waals surface area contributed by atoms with E-state index in [4.69, 9.17) is 5.73 Å². The first kappa shape index (κ1) is 18.7. The Kier molecular flexibility index (Phi) is 8.53. The highest BCUT2D eigenvalue weighted by Crippen LogP contribution is 2.28. The second kappa shape index (κ2) is 9.60. The normalized spacial score (nSPS) is 14.7. The summed E-state index contributed by atoms with van der Waals surface area (Å²) in [5.74, 6) is 0.756. The molecule has 0 radical (unpaired) electrons. The van der Waals surface area contributed by atoms with Crippen LogP contribution in [0.15, 0.2) is 28.7 Å². The number of nitrogens with zero attached hydrogens (tertiary/aromatic N) is 1. The van der Waals surface area contributed by atoms with Crippen molar-refractivity contribution in [1.82, 2.24) is 4.90 Å². The molecule has 2 atom stereocenters. The van der Waals surface area contributed by atoms with Crippen LogP contribution in [0.2, 0.25) is 0 Å². The third-order valence-electron chi connectivity index (χ3n) is 4.54. The number of hydrogen-bond donors (Lipinski definition) is 1. The zero-order chi connectivity index (χ0) is 15.8. The van der Waals surface area contributed by atoms with Crippen LogP contribution in [0.1, 0.15) is 58.6 Å². The molecule has 0 amide bonds. The Balaban J connectivity index is 3.01. The molecule has 2 unspecified atom stereocenters. The Hall–Kier alpha value is -0.380. The van der Waals surface area contributed by atoms with Gasteiger partial charge >= 0.3 is 0 Å². The van der Waals surface area contributed by atoms with Crippen molar-refractivity contribution in [2.75, 3.05) is 13.1 Å². The Morgan fingerprint density at radius 3 is 2.00 bits per heavy atom. The lowest BCUT2D eigenvalue weighted by Crippen LogP contribution is -2.42. The van der Waals surface area contributed by atoms with E-state index in [0.717, 1.165) is 29.9 Å². The second-order valence-corrected chi connectivity index (χ2v) is 6.75. The molecule has 2 N–H and O–H groups in total. The number of likely N-dealkylation sites (N-methyl/N-ethyl adjacent to an activating group) is 1. The van der Waals surface area contributed by atoms with Gasteiger partial charge in [-0.05, 0) is 36.6 Å². The fourth-order valence-corrected chi connectivity index (χ4v) is 3.19. The molecule has 1 aromatic carbocycles. The van der Waals surface area contributed by atoms with E-state index in [2.05, 4.69) is 72.8 Å². The Bertz CT molecular complexity index is 387. The molecule has 0 saturated heterocycles. The summed E-state index contributed by atoms with van der Waals surface area (Å²) in [7, 11) is 0. The van der Waals surface area contributed by atoms with Gasteiger partial charge in [-0.15, -0.1) is 0 Å². The highest BCUT2D eigenvalue weighted by Gasteiger charge is 2.26.